The zero-order valence-corrected chi connectivity index (χ0v) is 15.5. The third-order valence-electron chi connectivity index (χ3n) is 4.77. The summed E-state index contributed by atoms with van der Waals surface area (Å²) in [6.07, 6.45) is 4.83. The van der Waals surface area contributed by atoms with Gasteiger partial charge in [-0.15, -0.1) is 10.2 Å². The average molecular weight is 365 g/mol. The predicted octanol–water partition coefficient (Wildman–Crippen LogP) is 3.37. The van der Waals surface area contributed by atoms with Crippen LogP contribution in [0.15, 0.2) is 42.9 Å². The van der Waals surface area contributed by atoms with E-state index in [0.717, 1.165) is 28.2 Å². The van der Waals surface area contributed by atoms with Gasteiger partial charge in [0.15, 0.2) is 5.65 Å². The van der Waals surface area contributed by atoms with Crippen molar-refractivity contribution in [2.75, 3.05) is 7.11 Å². The van der Waals surface area contributed by atoms with Crippen LogP contribution in [0.2, 0.25) is 0 Å². The molecule has 7 heteroatoms. The second-order valence-electron chi connectivity index (χ2n) is 6.49. The van der Waals surface area contributed by atoms with Gasteiger partial charge in [-0.2, -0.15) is 5.10 Å². The van der Waals surface area contributed by atoms with Crippen LogP contribution < -0.4 is 4.74 Å². The highest BCUT2D eigenvalue weighted by Gasteiger charge is 2.15. The maximum atomic E-state index is 14.2. The number of aromatic nitrogens is 5. The summed E-state index contributed by atoms with van der Waals surface area (Å²) in [5.74, 6) is 0.314. The summed E-state index contributed by atoms with van der Waals surface area (Å²) >= 11 is 0. The fourth-order valence-corrected chi connectivity index (χ4v) is 3.47. The molecule has 0 N–H and O–H groups in total. The highest BCUT2D eigenvalue weighted by Crippen LogP contribution is 2.28. The van der Waals surface area contributed by atoms with Gasteiger partial charge in [0.2, 0.25) is 0 Å². The van der Waals surface area contributed by atoms with E-state index in [2.05, 4.69) is 15.3 Å². The number of fused-ring (bicyclic) bond motifs is 1. The summed E-state index contributed by atoms with van der Waals surface area (Å²) < 4.78 is 23.2. The molecule has 3 heterocycles. The molecule has 0 unspecified atom stereocenters. The number of methoxy groups -OCH3 is 1. The second kappa shape index (κ2) is 6.83. The monoisotopic (exact) mass is 365 g/mol. The summed E-state index contributed by atoms with van der Waals surface area (Å²) in [5.41, 5.74) is 5.29. The molecule has 0 spiro atoms. The smallest absolute Gasteiger partial charge is 0.168 e. The molecule has 6 nitrogen and oxygen atoms in total. The molecule has 27 heavy (non-hydrogen) atoms. The van der Waals surface area contributed by atoms with Crippen molar-refractivity contribution in [3.63, 3.8) is 0 Å². The SMILES string of the molecule is COc1cccc(F)c1CCc1ccc(-c2cn(C)nc2C)c2nncn12. The third-order valence-corrected chi connectivity index (χ3v) is 4.77. The molecule has 0 aliphatic carbocycles. The van der Waals surface area contributed by atoms with E-state index in [9.17, 15) is 4.39 Å². The van der Waals surface area contributed by atoms with Crippen molar-refractivity contribution in [3.05, 3.63) is 65.6 Å². The maximum Gasteiger partial charge on any atom is 0.168 e. The highest BCUT2D eigenvalue weighted by atomic mass is 19.1. The Morgan fingerprint density at radius 3 is 2.70 bits per heavy atom. The van der Waals surface area contributed by atoms with Gasteiger partial charge in [0.25, 0.3) is 0 Å². The largest absolute Gasteiger partial charge is 0.496 e. The van der Waals surface area contributed by atoms with Crippen LogP contribution in [0.4, 0.5) is 4.39 Å². The molecule has 0 fully saturated rings. The Morgan fingerprint density at radius 2 is 1.96 bits per heavy atom. The van der Waals surface area contributed by atoms with E-state index in [1.54, 1.807) is 30.3 Å². The number of nitrogens with zero attached hydrogens (tertiary/aromatic N) is 5. The Bertz CT molecular complexity index is 1110. The van der Waals surface area contributed by atoms with Crippen molar-refractivity contribution in [2.45, 2.75) is 19.8 Å². The first kappa shape index (κ1) is 17.2. The number of benzene rings is 1. The van der Waals surface area contributed by atoms with E-state index in [-0.39, 0.29) is 5.82 Å². The van der Waals surface area contributed by atoms with Crippen LogP contribution in [0.25, 0.3) is 16.8 Å². The molecule has 0 saturated carbocycles. The number of rotatable bonds is 5. The number of halogens is 1. The fourth-order valence-electron chi connectivity index (χ4n) is 3.47. The number of hydrogen-bond acceptors (Lipinski definition) is 4. The van der Waals surface area contributed by atoms with Crippen LogP contribution in [0, 0.1) is 12.7 Å². The third kappa shape index (κ3) is 3.05. The first-order valence-electron chi connectivity index (χ1n) is 8.72. The quantitative estimate of drug-likeness (QED) is 0.544. The lowest BCUT2D eigenvalue weighted by Gasteiger charge is -2.11. The van der Waals surface area contributed by atoms with Crippen molar-refractivity contribution >= 4 is 5.65 Å². The summed E-state index contributed by atoms with van der Waals surface area (Å²) in [6, 6.07) is 8.95. The van der Waals surface area contributed by atoms with Crippen molar-refractivity contribution in [3.8, 4) is 16.9 Å². The van der Waals surface area contributed by atoms with E-state index in [1.807, 2.05) is 36.7 Å². The van der Waals surface area contributed by atoms with Gasteiger partial charge in [0.05, 0.1) is 12.8 Å². The Balaban J connectivity index is 1.70. The first-order chi connectivity index (χ1) is 13.1. The molecule has 1 aromatic carbocycles. The van der Waals surface area contributed by atoms with E-state index in [0.29, 0.717) is 24.2 Å². The van der Waals surface area contributed by atoms with Crippen molar-refractivity contribution in [1.82, 2.24) is 24.4 Å². The van der Waals surface area contributed by atoms with Crippen LogP contribution in [0.3, 0.4) is 0 Å². The van der Waals surface area contributed by atoms with Crippen LogP contribution >= 0.6 is 0 Å². The summed E-state index contributed by atoms with van der Waals surface area (Å²) in [5, 5.41) is 12.8. The Morgan fingerprint density at radius 1 is 1.11 bits per heavy atom. The van der Waals surface area contributed by atoms with Crippen LogP contribution in [-0.4, -0.2) is 31.5 Å². The Hall–Kier alpha value is -3.22. The number of pyridine rings is 1. The second-order valence-corrected chi connectivity index (χ2v) is 6.49. The van der Waals surface area contributed by atoms with Gasteiger partial charge in [0.1, 0.15) is 17.9 Å². The van der Waals surface area contributed by atoms with Crippen LogP contribution in [-0.2, 0) is 19.9 Å². The molecule has 0 amide bonds. The molecule has 0 atom stereocenters. The highest BCUT2D eigenvalue weighted by molar-refractivity contribution is 5.78. The summed E-state index contributed by atoms with van der Waals surface area (Å²) in [6.45, 7) is 1.97. The van der Waals surface area contributed by atoms with E-state index in [4.69, 9.17) is 4.74 Å². The molecular weight excluding hydrogens is 345 g/mol. The summed E-state index contributed by atoms with van der Waals surface area (Å²) in [4.78, 5) is 0. The van der Waals surface area contributed by atoms with Crippen molar-refractivity contribution in [2.24, 2.45) is 7.05 Å². The van der Waals surface area contributed by atoms with Gasteiger partial charge < -0.3 is 4.74 Å². The minimum absolute atomic E-state index is 0.253. The van der Waals surface area contributed by atoms with Gasteiger partial charge in [0, 0.05) is 35.6 Å². The van der Waals surface area contributed by atoms with Gasteiger partial charge in [-0.05, 0) is 44.0 Å². The zero-order valence-electron chi connectivity index (χ0n) is 15.5. The lowest BCUT2D eigenvalue weighted by Crippen LogP contribution is -2.03. The molecule has 0 bridgehead atoms. The van der Waals surface area contributed by atoms with Crippen LogP contribution in [0.5, 0.6) is 5.75 Å². The molecule has 0 aliphatic rings. The van der Waals surface area contributed by atoms with E-state index in [1.165, 1.54) is 6.07 Å². The average Bonchev–Trinajstić information content (AvgIpc) is 3.27. The normalized spacial score (nSPS) is 11.3. The predicted molar refractivity (Wildman–Crippen MR) is 100 cm³/mol. The van der Waals surface area contributed by atoms with Gasteiger partial charge >= 0.3 is 0 Å². The molecule has 4 aromatic rings. The van der Waals surface area contributed by atoms with Gasteiger partial charge in [-0.25, -0.2) is 4.39 Å². The number of ether oxygens (including phenoxy) is 1. The first-order valence-corrected chi connectivity index (χ1v) is 8.72. The molecule has 3 aromatic heterocycles. The lowest BCUT2D eigenvalue weighted by atomic mass is 10.0. The fraction of sp³-hybridized carbons (Fsp3) is 0.250. The van der Waals surface area contributed by atoms with Crippen LogP contribution in [0.1, 0.15) is 17.0 Å². The summed E-state index contributed by atoms with van der Waals surface area (Å²) in [7, 11) is 3.45. The minimum Gasteiger partial charge on any atom is -0.496 e. The number of aryl methyl sites for hydroxylation is 3. The zero-order chi connectivity index (χ0) is 19.0. The Kier molecular flexibility index (Phi) is 4.35. The van der Waals surface area contributed by atoms with Crippen molar-refractivity contribution in [1.29, 1.82) is 0 Å². The van der Waals surface area contributed by atoms with Gasteiger partial charge in [-0.3, -0.25) is 9.08 Å². The minimum atomic E-state index is -0.253. The molecule has 4 rings (SSSR count). The molecule has 138 valence electrons. The molecular formula is C20H20FN5O. The lowest BCUT2D eigenvalue weighted by molar-refractivity contribution is 0.404. The topological polar surface area (TPSA) is 57.2 Å². The standard InChI is InChI=1S/C20H20FN5O/c1-13-17(11-25(2)24-13)15-9-7-14(26-12-22-23-20(15)26)8-10-16-18(21)5-4-6-19(16)27-3/h4-7,9,11-12H,8,10H2,1-3H3. The Labute approximate surface area is 156 Å². The maximum absolute atomic E-state index is 14.2. The molecule has 0 aliphatic heterocycles. The van der Waals surface area contributed by atoms with Gasteiger partial charge in [-0.1, -0.05) is 6.07 Å². The molecule has 0 radical (unpaired) electrons. The van der Waals surface area contributed by atoms with E-state index < -0.39 is 0 Å². The molecule has 0 saturated heterocycles. The number of hydrogen-bond donors (Lipinski definition) is 0. The van der Waals surface area contributed by atoms with E-state index >= 15 is 0 Å². The van der Waals surface area contributed by atoms with Crippen molar-refractivity contribution < 1.29 is 9.13 Å².